The number of methoxy groups -OCH3 is 1. The van der Waals surface area contributed by atoms with Crippen LogP contribution in [0.25, 0.3) is 0 Å². The van der Waals surface area contributed by atoms with E-state index in [1.807, 2.05) is 6.92 Å². The van der Waals surface area contributed by atoms with E-state index >= 15 is 0 Å². The summed E-state index contributed by atoms with van der Waals surface area (Å²) < 4.78 is 11.1. The van der Waals surface area contributed by atoms with Crippen molar-refractivity contribution < 1.29 is 9.47 Å². The molecule has 0 saturated carbocycles. The fraction of sp³-hybridized carbons (Fsp3) is 0.800. The van der Waals surface area contributed by atoms with Crippen LogP contribution in [0.4, 0.5) is 0 Å². The first-order chi connectivity index (χ1) is 6.29. The number of likely N-dealkylation sites (N-methyl/N-ethyl adjacent to an activating group) is 1. The Bertz CT molecular complexity index is 229. The predicted octanol–water partition coefficient (Wildman–Crippen LogP) is 1.01. The van der Waals surface area contributed by atoms with Gasteiger partial charge < -0.3 is 9.47 Å². The molecular weight excluding hydrogens is 166 g/mol. The highest BCUT2D eigenvalue weighted by atomic mass is 16.7. The molecule has 2 aliphatic rings. The molecule has 74 valence electrons. The van der Waals surface area contributed by atoms with E-state index < -0.39 is 5.79 Å². The normalized spacial score (nSPS) is 46.5. The maximum Gasteiger partial charge on any atom is 0.205 e. The zero-order valence-corrected chi connectivity index (χ0v) is 8.49. The quantitative estimate of drug-likeness (QED) is 0.369. The Kier molecular flexibility index (Phi) is 2.18. The summed E-state index contributed by atoms with van der Waals surface area (Å²) in [5.74, 6) is -0.463. The van der Waals surface area contributed by atoms with Crippen LogP contribution in [0.5, 0.6) is 0 Å². The van der Waals surface area contributed by atoms with E-state index in [0.717, 1.165) is 6.54 Å². The molecule has 13 heavy (non-hydrogen) atoms. The molecule has 0 radical (unpaired) electrons. The van der Waals surface area contributed by atoms with Crippen molar-refractivity contribution in [3.05, 3.63) is 12.2 Å². The number of nitrogens with zero attached hydrogens (tertiary/aromatic N) is 1. The molecule has 1 heterocycles. The van der Waals surface area contributed by atoms with Crippen molar-refractivity contribution in [2.45, 2.75) is 31.7 Å². The maximum atomic E-state index is 5.67. The molecule has 0 aromatic heterocycles. The summed E-state index contributed by atoms with van der Waals surface area (Å²) in [5.41, 5.74) is 0. The number of ether oxygens (including phenoxy) is 2. The zero-order valence-electron chi connectivity index (χ0n) is 8.49. The van der Waals surface area contributed by atoms with E-state index in [1.165, 1.54) is 0 Å². The van der Waals surface area contributed by atoms with E-state index in [2.05, 4.69) is 24.0 Å². The van der Waals surface area contributed by atoms with Crippen LogP contribution in [0, 0.1) is 0 Å². The van der Waals surface area contributed by atoms with Gasteiger partial charge in [-0.25, -0.2) is 0 Å². The van der Waals surface area contributed by atoms with Gasteiger partial charge in [-0.1, -0.05) is 13.0 Å². The molecule has 1 aliphatic heterocycles. The molecule has 3 heteroatoms. The summed E-state index contributed by atoms with van der Waals surface area (Å²) in [6.07, 6.45) is 4.24. The molecule has 0 amide bonds. The SMILES string of the molecule is CCO[C@]1(OC)C=C[C@H]2[C@@H]1N2CC. The summed E-state index contributed by atoms with van der Waals surface area (Å²) in [6, 6.07) is 0.971. The summed E-state index contributed by atoms with van der Waals surface area (Å²) in [7, 11) is 1.72. The van der Waals surface area contributed by atoms with Crippen molar-refractivity contribution in [3.8, 4) is 0 Å². The first kappa shape index (κ1) is 9.19. The average Bonchev–Trinajstić information content (AvgIpc) is 2.76. The van der Waals surface area contributed by atoms with Gasteiger partial charge in [0.05, 0.1) is 6.04 Å². The van der Waals surface area contributed by atoms with E-state index in [9.17, 15) is 0 Å². The molecule has 1 saturated heterocycles. The van der Waals surface area contributed by atoms with Crippen LogP contribution < -0.4 is 0 Å². The Morgan fingerprint density at radius 2 is 2.23 bits per heavy atom. The van der Waals surface area contributed by atoms with Crippen LogP contribution in [0.1, 0.15) is 13.8 Å². The van der Waals surface area contributed by atoms with Crippen LogP contribution in [0.3, 0.4) is 0 Å². The lowest BCUT2D eigenvalue weighted by Crippen LogP contribution is -2.39. The highest BCUT2D eigenvalue weighted by Gasteiger charge is 2.62. The second kappa shape index (κ2) is 3.08. The Labute approximate surface area is 79.3 Å². The first-order valence-electron chi connectivity index (χ1n) is 4.93. The molecule has 1 unspecified atom stereocenters. The lowest BCUT2D eigenvalue weighted by molar-refractivity contribution is -0.188. The van der Waals surface area contributed by atoms with E-state index in [1.54, 1.807) is 7.11 Å². The van der Waals surface area contributed by atoms with Crippen LogP contribution in [0.2, 0.25) is 0 Å². The second-order valence-electron chi connectivity index (χ2n) is 3.48. The number of fused-ring (bicyclic) bond motifs is 1. The summed E-state index contributed by atoms with van der Waals surface area (Å²) in [4.78, 5) is 2.37. The molecule has 4 atom stereocenters. The van der Waals surface area contributed by atoms with Crippen molar-refractivity contribution in [1.29, 1.82) is 0 Å². The molecule has 0 spiro atoms. The van der Waals surface area contributed by atoms with Crippen molar-refractivity contribution in [2.75, 3.05) is 20.3 Å². The monoisotopic (exact) mass is 183 g/mol. The molecular formula is C10H17NO2. The minimum Gasteiger partial charge on any atom is -0.348 e. The van der Waals surface area contributed by atoms with Crippen LogP contribution >= 0.6 is 0 Å². The minimum atomic E-state index is -0.463. The van der Waals surface area contributed by atoms with Crippen molar-refractivity contribution in [2.24, 2.45) is 0 Å². The Balaban J connectivity index is 2.10. The molecule has 0 aromatic rings. The molecule has 0 aromatic carbocycles. The number of rotatable bonds is 4. The Hall–Kier alpha value is -0.380. The van der Waals surface area contributed by atoms with E-state index in [-0.39, 0.29) is 0 Å². The standard InChI is InChI=1S/C10H17NO2/c1-4-11-8-6-7-10(12-3,9(8)11)13-5-2/h6-9H,4-5H2,1-3H3/t8-,9-,10+,11?/m0/s1. The number of hydrogen-bond acceptors (Lipinski definition) is 3. The average molecular weight is 183 g/mol. The van der Waals surface area contributed by atoms with Crippen LogP contribution in [0.15, 0.2) is 12.2 Å². The second-order valence-corrected chi connectivity index (χ2v) is 3.48. The highest BCUT2D eigenvalue weighted by Crippen LogP contribution is 2.45. The van der Waals surface area contributed by atoms with Gasteiger partial charge in [0, 0.05) is 19.8 Å². The minimum absolute atomic E-state index is 0.419. The van der Waals surface area contributed by atoms with Gasteiger partial charge in [0.25, 0.3) is 0 Å². The van der Waals surface area contributed by atoms with E-state index in [0.29, 0.717) is 18.7 Å². The third-order valence-corrected chi connectivity index (χ3v) is 2.97. The fourth-order valence-electron chi connectivity index (χ4n) is 2.33. The molecule has 0 bridgehead atoms. The predicted molar refractivity (Wildman–Crippen MR) is 50.5 cm³/mol. The lowest BCUT2D eigenvalue weighted by Gasteiger charge is -2.27. The van der Waals surface area contributed by atoms with E-state index in [4.69, 9.17) is 9.47 Å². The van der Waals surface area contributed by atoms with Crippen LogP contribution in [-0.2, 0) is 9.47 Å². The fourth-order valence-corrected chi connectivity index (χ4v) is 2.33. The van der Waals surface area contributed by atoms with Gasteiger partial charge in [-0.15, -0.1) is 0 Å². The van der Waals surface area contributed by atoms with Gasteiger partial charge in [0.1, 0.15) is 0 Å². The summed E-state index contributed by atoms with van der Waals surface area (Å²) in [6.45, 7) is 5.93. The van der Waals surface area contributed by atoms with Crippen molar-refractivity contribution in [3.63, 3.8) is 0 Å². The third-order valence-electron chi connectivity index (χ3n) is 2.97. The largest absolute Gasteiger partial charge is 0.348 e. The maximum absolute atomic E-state index is 5.67. The summed E-state index contributed by atoms with van der Waals surface area (Å²) >= 11 is 0. The Morgan fingerprint density at radius 3 is 2.69 bits per heavy atom. The smallest absolute Gasteiger partial charge is 0.205 e. The Morgan fingerprint density at radius 1 is 1.46 bits per heavy atom. The van der Waals surface area contributed by atoms with Gasteiger partial charge in [0.15, 0.2) is 0 Å². The van der Waals surface area contributed by atoms with Gasteiger partial charge in [-0.2, -0.15) is 0 Å². The van der Waals surface area contributed by atoms with Gasteiger partial charge in [-0.3, -0.25) is 4.90 Å². The molecule has 3 nitrogen and oxygen atoms in total. The number of hydrogen-bond donors (Lipinski definition) is 0. The van der Waals surface area contributed by atoms with Gasteiger partial charge in [0.2, 0.25) is 5.79 Å². The molecule has 0 N–H and O–H groups in total. The third kappa shape index (κ3) is 1.15. The highest BCUT2D eigenvalue weighted by molar-refractivity contribution is 5.31. The first-order valence-corrected chi connectivity index (χ1v) is 4.93. The van der Waals surface area contributed by atoms with Crippen molar-refractivity contribution in [1.82, 2.24) is 4.90 Å². The van der Waals surface area contributed by atoms with Gasteiger partial charge in [-0.05, 0) is 19.5 Å². The molecule has 1 aliphatic carbocycles. The molecule has 2 rings (SSSR count). The van der Waals surface area contributed by atoms with Crippen LogP contribution in [-0.4, -0.2) is 43.0 Å². The molecule has 1 fully saturated rings. The summed E-state index contributed by atoms with van der Waals surface area (Å²) in [5, 5.41) is 0. The lowest BCUT2D eigenvalue weighted by atomic mass is 10.2. The van der Waals surface area contributed by atoms with Crippen molar-refractivity contribution >= 4 is 0 Å². The van der Waals surface area contributed by atoms with Gasteiger partial charge >= 0.3 is 0 Å². The topological polar surface area (TPSA) is 21.5 Å². The zero-order chi connectivity index (χ0) is 9.47.